The Morgan fingerprint density at radius 1 is 1.03 bits per heavy atom. The van der Waals surface area contributed by atoms with Crippen molar-refractivity contribution < 1.29 is 4.74 Å². The van der Waals surface area contributed by atoms with Crippen LogP contribution in [0.15, 0.2) is 42.9 Å². The van der Waals surface area contributed by atoms with E-state index in [0.717, 1.165) is 51.0 Å². The van der Waals surface area contributed by atoms with Gasteiger partial charge in [-0.25, -0.2) is 4.98 Å². The molecule has 1 fully saturated rings. The van der Waals surface area contributed by atoms with E-state index in [0.29, 0.717) is 18.6 Å². The van der Waals surface area contributed by atoms with Crippen LogP contribution in [0, 0.1) is 0 Å². The summed E-state index contributed by atoms with van der Waals surface area (Å²) in [4.78, 5) is 16.1. The van der Waals surface area contributed by atoms with E-state index in [-0.39, 0.29) is 0 Å². The normalized spacial score (nSPS) is 14.4. The fourth-order valence-corrected chi connectivity index (χ4v) is 6.42. The van der Waals surface area contributed by atoms with Gasteiger partial charge in [-0.2, -0.15) is 0 Å². The molecule has 8 nitrogen and oxygen atoms in total. The number of hydrogen-bond acceptors (Lipinski definition) is 9. The van der Waals surface area contributed by atoms with Gasteiger partial charge in [0.2, 0.25) is 5.13 Å². The summed E-state index contributed by atoms with van der Waals surface area (Å²) in [5.74, 6) is 1.72. The molecule has 10 heteroatoms. The fourth-order valence-electron chi connectivity index (χ4n) is 4.65. The molecule has 0 atom stereocenters. The summed E-state index contributed by atoms with van der Waals surface area (Å²) in [6.07, 6.45) is 10.5. The molecule has 4 heterocycles. The van der Waals surface area contributed by atoms with Crippen molar-refractivity contribution >= 4 is 52.8 Å². The molecule has 5 rings (SSSR count). The van der Waals surface area contributed by atoms with E-state index in [4.69, 9.17) is 9.72 Å². The van der Waals surface area contributed by atoms with Crippen molar-refractivity contribution in [1.29, 1.82) is 0 Å². The third-order valence-corrected chi connectivity index (χ3v) is 9.91. The first-order valence-electron chi connectivity index (χ1n) is 13.9. The van der Waals surface area contributed by atoms with Crippen molar-refractivity contribution in [3.8, 4) is 0 Å². The predicted octanol–water partition coefficient (Wildman–Crippen LogP) is 7.85. The van der Waals surface area contributed by atoms with Gasteiger partial charge in [-0.15, -0.1) is 10.2 Å². The Morgan fingerprint density at radius 3 is 2.59 bits per heavy atom. The molecule has 0 saturated heterocycles. The molecule has 1 aliphatic rings. The maximum atomic E-state index is 6.19. The summed E-state index contributed by atoms with van der Waals surface area (Å²) >= 11 is 1.67. The van der Waals surface area contributed by atoms with Gasteiger partial charge in [0.05, 0.1) is 34.8 Å². The van der Waals surface area contributed by atoms with Gasteiger partial charge in [0.15, 0.2) is 0 Å². The van der Waals surface area contributed by atoms with E-state index in [1.807, 2.05) is 36.8 Å². The van der Waals surface area contributed by atoms with Crippen molar-refractivity contribution in [2.24, 2.45) is 0 Å². The third-order valence-electron chi connectivity index (χ3n) is 7.10. The van der Waals surface area contributed by atoms with E-state index in [2.05, 4.69) is 69.9 Å². The van der Waals surface area contributed by atoms with E-state index in [1.54, 1.807) is 11.3 Å². The van der Waals surface area contributed by atoms with Gasteiger partial charge in [-0.05, 0) is 54.6 Å². The van der Waals surface area contributed by atoms with Gasteiger partial charge in [0.1, 0.15) is 17.6 Å². The first-order valence-corrected chi connectivity index (χ1v) is 18.4. The minimum atomic E-state index is -1.19. The second-order valence-corrected chi connectivity index (χ2v) is 18.5. The van der Waals surface area contributed by atoms with Gasteiger partial charge < -0.3 is 10.1 Å². The molecule has 0 amide bonds. The molecule has 39 heavy (non-hydrogen) atoms. The third kappa shape index (κ3) is 7.17. The predicted molar refractivity (Wildman–Crippen MR) is 163 cm³/mol. The minimum absolute atomic E-state index is 0.390. The molecule has 0 unspecified atom stereocenters. The topological polar surface area (TPSA) is 89.0 Å². The quantitative estimate of drug-likeness (QED) is 0.112. The zero-order valence-electron chi connectivity index (χ0n) is 23.6. The number of nitrogens with zero attached hydrogens (tertiary/aromatic N) is 6. The average molecular weight is 562 g/mol. The minimum Gasteiger partial charge on any atom is -0.361 e. The lowest BCUT2D eigenvalue weighted by Crippen LogP contribution is -2.26. The molecular formula is C29H39N7OSSi. The highest BCUT2D eigenvalue weighted by Gasteiger charge is 2.24. The van der Waals surface area contributed by atoms with Crippen molar-refractivity contribution in [3.63, 3.8) is 0 Å². The number of pyridine rings is 3. The second-order valence-electron chi connectivity index (χ2n) is 11.9. The van der Waals surface area contributed by atoms with Crippen molar-refractivity contribution in [1.82, 2.24) is 25.1 Å². The van der Waals surface area contributed by atoms with Gasteiger partial charge in [-0.3, -0.25) is 14.9 Å². The smallest absolute Gasteiger partial charge is 0.215 e. The molecule has 0 aliphatic heterocycles. The van der Waals surface area contributed by atoms with E-state index < -0.39 is 8.07 Å². The molecule has 4 aromatic heterocycles. The van der Waals surface area contributed by atoms with Crippen molar-refractivity contribution in [3.05, 3.63) is 53.4 Å². The number of ether oxygens (including phenoxy) is 1. The molecule has 1 saturated carbocycles. The summed E-state index contributed by atoms with van der Waals surface area (Å²) in [6.45, 7) is 12.6. The Balaban J connectivity index is 1.41. The molecule has 0 radical (unpaired) electrons. The lowest BCUT2D eigenvalue weighted by atomic mass is 10.1. The number of rotatable bonds is 11. The van der Waals surface area contributed by atoms with Crippen LogP contribution in [-0.2, 0) is 4.74 Å². The lowest BCUT2D eigenvalue weighted by Gasteiger charge is -2.22. The van der Waals surface area contributed by atoms with Gasteiger partial charge in [0.25, 0.3) is 0 Å². The number of hydrogen-bond donors (Lipinski definition) is 1. The molecule has 1 N–H and O–H groups in total. The van der Waals surface area contributed by atoms with Crippen LogP contribution in [0.25, 0.3) is 11.0 Å². The lowest BCUT2D eigenvalue weighted by molar-refractivity contribution is 0.153. The van der Waals surface area contributed by atoms with Gasteiger partial charge >= 0.3 is 0 Å². The van der Waals surface area contributed by atoms with Crippen molar-refractivity contribution in [2.45, 2.75) is 77.1 Å². The average Bonchev–Trinajstić information content (AvgIpc) is 3.60. The standard InChI is InChI=1S/C29H39N7OSSi/c1-20(2)22-14-23(17-30-16-22)32-24-15-26-25(31-18-24)10-11-27(33-26)36(19-37-12-13-39(3,4)5)29-35-34-28(38-29)21-8-6-7-9-21/h10-11,14-18,20-21,32H,6-9,12-13,19H2,1-5H3. The molecular weight excluding hydrogens is 523 g/mol. The first kappa shape index (κ1) is 27.6. The van der Waals surface area contributed by atoms with Crippen LogP contribution in [0.5, 0.6) is 0 Å². The Bertz CT molecular complexity index is 1400. The summed E-state index contributed by atoms with van der Waals surface area (Å²) < 4.78 is 6.19. The van der Waals surface area contributed by atoms with Crippen LogP contribution in [0.1, 0.15) is 61.9 Å². The Kier molecular flexibility index (Phi) is 8.54. The van der Waals surface area contributed by atoms with E-state index in [9.17, 15) is 0 Å². The monoisotopic (exact) mass is 561 g/mol. The van der Waals surface area contributed by atoms with Crippen LogP contribution in [0.3, 0.4) is 0 Å². The van der Waals surface area contributed by atoms with E-state index in [1.165, 1.54) is 31.2 Å². The number of anilines is 4. The molecule has 1 aliphatic carbocycles. The van der Waals surface area contributed by atoms with Crippen LogP contribution in [-0.4, -0.2) is 46.6 Å². The Hall–Kier alpha value is -2.95. The van der Waals surface area contributed by atoms with Gasteiger partial charge in [0, 0.05) is 26.8 Å². The molecule has 4 aromatic rings. The van der Waals surface area contributed by atoms with Crippen LogP contribution < -0.4 is 10.2 Å². The summed E-state index contributed by atoms with van der Waals surface area (Å²) in [7, 11) is -1.19. The number of nitrogens with one attached hydrogen (secondary N) is 1. The van der Waals surface area contributed by atoms with Crippen LogP contribution in [0.2, 0.25) is 25.7 Å². The fraction of sp³-hybridized carbons (Fsp3) is 0.483. The molecule has 0 spiro atoms. The summed E-state index contributed by atoms with van der Waals surface area (Å²) in [5.41, 5.74) is 4.63. The molecule has 206 valence electrons. The molecule has 0 aromatic carbocycles. The van der Waals surface area contributed by atoms with Crippen molar-refractivity contribution in [2.75, 3.05) is 23.6 Å². The van der Waals surface area contributed by atoms with Crippen LogP contribution >= 0.6 is 11.3 Å². The molecule has 0 bridgehead atoms. The number of aromatic nitrogens is 5. The second kappa shape index (κ2) is 12.1. The van der Waals surface area contributed by atoms with Crippen LogP contribution in [0.4, 0.5) is 22.3 Å². The SMILES string of the molecule is CC(C)c1cncc(Nc2cnc3ccc(N(COCC[Si](C)(C)C)c4nnc(C5CCCC5)s4)nc3c2)c1. The maximum absolute atomic E-state index is 6.19. The highest BCUT2D eigenvalue weighted by molar-refractivity contribution is 7.15. The summed E-state index contributed by atoms with van der Waals surface area (Å²) in [6, 6.07) is 9.28. The zero-order chi connectivity index (χ0) is 27.4. The number of fused-ring (bicyclic) bond motifs is 1. The first-order chi connectivity index (χ1) is 18.7. The summed E-state index contributed by atoms with van der Waals surface area (Å²) in [5, 5.41) is 14.6. The highest BCUT2D eigenvalue weighted by Crippen LogP contribution is 2.38. The Labute approximate surface area is 236 Å². The van der Waals surface area contributed by atoms with Gasteiger partial charge in [-0.1, -0.05) is 57.7 Å². The largest absolute Gasteiger partial charge is 0.361 e. The Morgan fingerprint density at radius 2 is 1.82 bits per heavy atom. The zero-order valence-corrected chi connectivity index (χ0v) is 25.5. The maximum Gasteiger partial charge on any atom is 0.215 e. The highest BCUT2D eigenvalue weighted by atomic mass is 32.1. The van der Waals surface area contributed by atoms with E-state index >= 15 is 0 Å².